The number of hydrogen-bond donors (Lipinski definition) is 0. The topological polar surface area (TPSA) is 77.5 Å². The molecule has 234 valence electrons. The Bertz CT molecular complexity index is 1590. The van der Waals surface area contributed by atoms with Gasteiger partial charge in [0.2, 0.25) is 0 Å². The second-order valence-electron chi connectivity index (χ2n) is 11.3. The molecule has 2 saturated carbocycles. The van der Waals surface area contributed by atoms with Gasteiger partial charge in [-0.15, -0.1) is 0 Å². The van der Waals surface area contributed by atoms with Gasteiger partial charge in [0.1, 0.15) is 0 Å². The van der Waals surface area contributed by atoms with Crippen LogP contribution in [0.5, 0.6) is 0 Å². The molecule has 2 fully saturated rings. The number of alkyl halides is 4. The van der Waals surface area contributed by atoms with E-state index < -0.39 is 53.3 Å². The molecule has 0 saturated heterocycles. The van der Waals surface area contributed by atoms with E-state index in [9.17, 15) is 16.8 Å². The lowest BCUT2D eigenvalue weighted by Crippen LogP contribution is -2.53. The Balaban J connectivity index is 1.66. The summed E-state index contributed by atoms with van der Waals surface area (Å²) in [5.41, 5.74) is 0. The second kappa shape index (κ2) is 11.8. The molecule has 2 aliphatic carbocycles. The fourth-order valence-electron chi connectivity index (χ4n) is 6.29. The fraction of sp³-hybridized carbons (Fsp3) is 0.419. The molecular weight excluding hydrogens is 625 g/mol. The average Bonchev–Trinajstić information content (AvgIpc) is 3.64. The van der Waals surface area contributed by atoms with Crippen LogP contribution in [-0.4, -0.2) is 33.8 Å². The van der Waals surface area contributed by atoms with Crippen LogP contribution in [0.25, 0.3) is 0 Å². The highest BCUT2D eigenvalue weighted by molar-refractivity contribution is 8.33. The number of unbranched alkanes of at least 4 members (excludes halogenated alkanes) is 1. The second-order valence-corrected chi connectivity index (χ2v) is 17.9. The molecule has 0 N–H and O–H groups in total. The first kappa shape index (κ1) is 32.0. The molecule has 0 aliphatic heterocycles. The number of halogens is 4. The van der Waals surface area contributed by atoms with Crippen LogP contribution in [0.2, 0.25) is 0 Å². The van der Waals surface area contributed by atoms with Crippen molar-refractivity contribution >= 4 is 30.3 Å². The van der Waals surface area contributed by atoms with Gasteiger partial charge in [-0.2, -0.15) is 26.0 Å². The van der Waals surface area contributed by atoms with Crippen LogP contribution >= 0.6 is 10.3 Å². The number of benzene rings is 3. The molecule has 0 heterocycles. The Morgan fingerprint density at radius 2 is 1.23 bits per heavy atom. The SMILES string of the molecule is CCCCS(=O)(=O)c1ccc(S(OS(=O)(=O)C(F)(F)C(F)(F)C2CC3CCC2C3)(c2ccccc2)c2ccccc2)cc1. The first-order chi connectivity index (χ1) is 20.3. The highest BCUT2D eigenvalue weighted by atomic mass is 32.3. The molecule has 5 rings (SSSR count). The van der Waals surface area contributed by atoms with E-state index in [2.05, 4.69) is 0 Å². The molecule has 0 radical (unpaired) electrons. The van der Waals surface area contributed by atoms with Gasteiger partial charge in [0, 0.05) is 20.6 Å². The minimum absolute atomic E-state index is 0.0323. The predicted octanol–water partition coefficient (Wildman–Crippen LogP) is 8.47. The summed E-state index contributed by atoms with van der Waals surface area (Å²) < 4.78 is 121. The van der Waals surface area contributed by atoms with Crippen LogP contribution in [0, 0.1) is 17.8 Å². The van der Waals surface area contributed by atoms with Crippen molar-refractivity contribution in [1.82, 2.24) is 0 Å². The zero-order chi connectivity index (χ0) is 31.1. The van der Waals surface area contributed by atoms with Crippen molar-refractivity contribution in [3.8, 4) is 0 Å². The first-order valence-electron chi connectivity index (χ1n) is 14.2. The van der Waals surface area contributed by atoms with Gasteiger partial charge >= 0.3 is 21.3 Å². The largest absolute Gasteiger partial charge is 0.432 e. The van der Waals surface area contributed by atoms with Crippen molar-refractivity contribution in [1.29, 1.82) is 0 Å². The quantitative estimate of drug-likeness (QED) is 0.183. The Kier molecular flexibility index (Phi) is 8.80. The summed E-state index contributed by atoms with van der Waals surface area (Å²) in [7, 11) is -13.6. The standard InChI is InChI=1S/C31H34F4O5S3/c1-2-3-20-41(36,37)25-16-18-28(19-17-25)42(26-10-6-4-7-11-26,27-12-8-5-9-13-27)40-43(38,39)31(34,35)30(32,33)29-22-23-14-15-24(29)21-23/h4-13,16-19,23-24,29H,2-3,14-15,20-22H2,1H3. The van der Waals surface area contributed by atoms with Crippen LogP contribution in [0.15, 0.2) is 105 Å². The third-order valence-electron chi connectivity index (χ3n) is 8.53. The molecule has 0 amide bonds. The first-order valence-corrected chi connectivity index (χ1v) is 18.9. The molecule has 2 aliphatic rings. The molecule has 3 aromatic rings. The molecule has 0 spiro atoms. The summed E-state index contributed by atoms with van der Waals surface area (Å²) in [4.78, 5) is 0.341. The van der Waals surface area contributed by atoms with E-state index in [0.29, 0.717) is 32.1 Å². The summed E-state index contributed by atoms with van der Waals surface area (Å²) in [6.07, 6.45) is 2.34. The van der Waals surface area contributed by atoms with Crippen molar-refractivity contribution in [3.63, 3.8) is 0 Å². The van der Waals surface area contributed by atoms with Crippen LogP contribution in [0.4, 0.5) is 17.6 Å². The predicted molar refractivity (Wildman–Crippen MR) is 158 cm³/mol. The van der Waals surface area contributed by atoms with E-state index in [1.807, 2.05) is 6.92 Å². The molecule has 3 unspecified atom stereocenters. The van der Waals surface area contributed by atoms with Crippen molar-refractivity contribution in [3.05, 3.63) is 84.9 Å². The molecule has 12 heteroatoms. The molecule has 0 aromatic heterocycles. The molecular formula is C31H34F4O5S3. The smallest absolute Gasteiger partial charge is 0.224 e. The fourth-order valence-corrected chi connectivity index (χ4v) is 13.0. The van der Waals surface area contributed by atoms with E-state index >= 15 is 17.6 Å². The molecule has 3 atom stereocenters. The van der Waals surface area contributed by atoms with Gasteiger partial charge in [0.05, 0.1) is 10.6 Å². The van der Waals surface area contributed by atoms with Crippen LogP contribution < -0.4 is 0 Å². The Hall–Kier alpha value is -2.41. The number of sulfone groups is 1. The van der Waals surface area contributed by atoms with E-state index in [1.54, 1.807) is 36.4 Å². The monoisotopic (exact) mass is 658 g/mol. The molecule has 43 heavy (non-hydrogen) atoms. The van der Waals surface area contributed by atoms with Gasteiger partial charge in [-0.05, 0) is 96.4 Å². The van der Waals surface area contributed by atoms with Crippen molar-refractivity contribution < 1.29 is 38.0 Å². The van der Waals surface area contributed by atoms with Gasteiger partial charge in [0.15, 0.2) is 9.84 Å². The van der Waals surface area contributed by atoms with Gasteiger partial charge in [0.25, 0.3) is 0 Å². The highest BCUT2D eigenvalue weighted by Crippen LogP contribution is 2.71. The Morgan fingerprint density at radius 3 is 1.70 bits per heavy atom. The number of fused-ring (bicyclic) bond motifs is 2. The minimum atomic E-state index is -6.29. The van der Waals surface area contributed by atoms with Gasteiger partial charge in [-0.25, -0.2) is 12.0 Å². The lowest BCUT2D eigenvalue weighted by molar-refractivity contribution is -0.202. The Labute approximate surface area is 252 Å². The number of rotatable bonds is 12. The van der Waals surface area contributed by atoms with E-state index in [0.717, 1.165) is 0 Å². The zero-order valence-corrected chi connectivity index (χ0v) is 26.0. The van der Waals surface area contributed by atoms with Gasteiger partial charge in [-0.3, -0.25) is 0 Å². The van der Waals surface area contributed by atoms with Gasteiger partial charge < -0.3 is 0 Å². The summed E-state index contributed by atoms with van der Waals surface area (Å²) in [5.74, 6) is -7.53. The normalized spacial score (nSPS) is 21.7. The van der Waals surface area contributed by atoms with E-state index in [1.165, 1.54) is 48.5 Å². The van der Waals surface area contributed by atoms with E-state index in [4.69, 9.17) is 3.63 Å². The highest BCUT2D eigenvalue weighted by Gasteiger charge is 2.73. The lowest BCUT2D eigenvalue weighted by atomic mass is 9.84. The molecule has 3 aromatic carbocycles. The maximum atomic E-state index is 15.8. The number of hydrogen-bond acceptors (Lipinski definition) is 5. The summed E-state index contributed by atoms with van der Waals surface area (Å²) in [5, 5.41) is -5.53. The average molecular weight is 659 g/mol. The molecule has 5 nitrogen and oxygen atoms in total. The lowest BCUT2D eigenvalue weighted by Gasteiger charge is -2.41. The van der Waals surface area contributed by atoms with Crippen molar-refractivity contribution in [2.75, 3.05) is 5.75 Å². The third-order valence-corrected chi connectivity index (χ3v) is 15.6. The summed E-state index contributed by atoms with van der Waals surface area (Å²) >= 11 is 0. The maximum absolute atomic E-state index is 15.8. The van der Waals surface area contributed by atoms with E-state index in [-0.39, 0.29) is 37.7 Å². The summed E-state index contributed by atoms with van der Waals surface area (Å²) in [6, 6.07) is 20.6. The Morgan fingerprint density at radius 1 is 0.721 bits per heavy atom. The molecule has 2 bridgehead atoms. The van der Waals surface area contributed by atoms with Crippen LogP contribution in [0.1, 0.15) is 45.4 Å². The maximum Gasteiger partial charge on any atom is 0.432 e. The van der Waals surface area contributed by atoms with Crippen molar-refractivity contribution in [2.45, 2.75) is 76.2 Å². The van der Waals surface area contributed by atoms with Gasteiger partial charge in [-0.1, -0.05) is 56.2 Å². The third kappa shape index (κ3) is 5.64. The summed E-state index contributed by atoms with van der Waals surface area (Å²) in [6.45, 7) is 1.85. The minimum Gasteiger partial charge on any atom is -0.224 e. The van der Waals surface area contributed by atoms with Crippen molar-refractivity contribution in [2.24, 2.45) is 17.8 Å². The zero-order valence-electron chi connectivity index (χ0n) is 23.5. The van der Waals surface area contributed by atoms with Crippen LogP contribution in [0.3, 0.4) is 0 Å². The van der Waals surface area contributed by atoms with Crippen LogP contribution in [-0.2, 0) is 23.6 Å².